The number of H-pyrrole nitrogens is 1. The molecule has 6 rings (SSSR count). The predicted octanol–water partition coefficient (Wildman–Crippen LogP) is 5.20. The van der Waals surface area contributed by atoms with Gasteiger partial charge in [0.1, 0.15) is 35.4 Å². The predicted molar refractivity (Wildman–Crippen MR) is 156 cm³/mol. The van der Waals surface area contributed by atoms with Crippen molar-refractivity contribution in [1.29, 1.82) is 0 Å². The number of hydrogen-bond acceptors (Lipinski definition) is 8. The van der Waals surface area contributed by atoms with E-state index < -0.39 is 5.82 Å². The second-order valence-electron chi connectivity index (χ2n) is 11.2. The van der Waals surface area contributed by atoms with Gasteiger partial charge in [0, 0.05) is 24.7 Å². The smallest absolute Gasteiger partial charge is 0.227 e. The number of allylic oxidation sites excluding steroid dienone is 1. The number of fused-ring (bicyclic) bond motifs is 2. The summed E-state index contributed by atoms with van der Waals surface area (Å²) in [5.74, 6) is -0.266. The van der Waals surface area contributed by atoms with Crippen LogP contribution in [-0.2, 0) is 6.42 Å². The number of hydrogen-bond donors (Lipinski definition) is 2. The molecule has 0 aliphatic heterocycles. The van der Waals surface area contributed by atoms with Gasteiger partial charge in [-0.2, -0.15) is 0 Å². The molecular weight excluding hydrogens is 552 g/mol. The van der Waals surface area contributed by atoms with E-state index in [-0.39, 0.29) is 28.6 Å². The molecule has 0 spiro atoms. The fourth-order valence-corrected chi connectivity index (χ4v) is 5.70. The monoisotopic (exact) mass is 591 g/mol. The van der Waals surface area contributed by atoms with Crippen molar-refractivity contribution in [3.05, 3.63) is 47.2 Å². The Bertz CT molecular complexity index is 1300. The highest BCUT2D eigenvalue weighted by Crippen LogP contribution is 2.35. The quantitative estimate of drug-likeness (QED) is 0.399. The number of halogens is 3. The van der Waals surface area contributed by atoms with Crippen LogP contribution in [0.5, 0.6) is 5.88 Å². The largest absolute Gasteiger partial charge is 0.474 e. The van der Waals surface area contributed by atoms with Gasteiger partial charge in [-0.05, 0) is 85.6 Å². The fraction of sp³-hybridized carbons (Fsp3) is 0.586. The normalized spacial score (nSPS) is 23.8. The van der Waals surface area contributed by atoms with Crippen LogP contribution in [0.15, 0.2) is 24.9 Å². The van der Waals surface area contributed by atoms with E-state index in [2.05, 4.69) is 62.9 Å². The highest BCUT2D eigenvalue weighted by Gasteiger charge is 2.27. The number of nitrogens with zero attached hydrogens (tertiary/aromatic N) is 6. The molecule has 3 aliphatic rings. The Hall–Kier alpha value is -2.73. The summed E-state index contributed by atoms with van der Waals surface area (Å²) < 4.78 is 32.6. The van der Waals surface area contributed by atoms with E-state index in [0.29, 0.717) is 35.6 Å². The van der Waals surface area contributed by atoms with Crippen LogP contribution in [-0.4, -0.2) is 92.3 Å². The van der Waals surface area contributed by atoms with Crippen molar-refractivity contribution >= 4 is 28.5 Å². The Morgan fingerprint density at radius 1 is 0.878 bits per heavy atom. The molecule has 0 amide bonds. The third-order valence-corrected chi connectivity index (χ3v) is 8.32. The van der Waals surface area contributed by atoms with Crippen molar-refractivity contribution in [2.75, 3.05) is 28.2 Å². The molecule has 0 radical (unpaired) electrons. The Morgan fingerprint density at radius 3 is 2.10 bits per heavy atom. The van der Waals surface area contributed by atoms with E-state index in [4.69, 9.17) is 16.3 Å². The number of rotatable bonds is 4. The van der Waals surface area contributed by atoms with Gasteiger partial charge in [-0.1, -0.05) is 11.6 Å². The van der Waals surface area contributed by atoms with E-state index in [9.17, 15) is 13.9 Å². The highest BCUT2D eigenvalue weighted by molar-refractivity contribution is 6.33. The third-order valence-electron chi connectivity index (χ3n) is 8.03. The lowest BCUT2D eigenvalue weighted by molar-refractivity contribution is 0.0926. The number of aliphatic hydroxyl groups is 1. The van der Waals surface area contributed by atoms with Gasteiger partial charge in [0.2, 0.25) is 5.88 Å². The molecule has 0 atom stereocenters. The summed E-state index contributed by atoms with van der Waals surface area (Å²) in [6, 6.07) is 1.34. The molecule has 2 fully saturated rings. The Balaban J connectivity index is 0.000000156. The van der Waals surface area contributed by atoms with Crippen LogP contribution < -0.4 is 4.74 Å². The standard InChI is InChI=1S/C15H20FN3O.C8H17NO.C6H3ClFN3/c1-19(2)10-3-5-11(6-4-10)20-15-14-12(16)7-8-13(14)17-9-18-15;1-9(2)7-3-5-8(10)6-4-7;7-5-4-3(8)1-9-6(4)11-2-10-5/h7,9-11H,3-6,8H2,1-2H3;7-8,10H,3-6H2,1-2H3;1-2H,(H,9,10,11). The number of nitrogens with one attached hydrogen (secondary N) is 1. The van der Waals surface area contributed by atoms with E-state index in [0.717, 1.165) is 57.1 Å². The minimum atomic E-state index is -0.425. The lowest BCUT2D eigenvalue weighted by atomic mass is 9.92. The topological polar surface area (TPSA) is 103 Å². The molecule has 0 saturated heterocycles. The van der Waals surface area contributed by atoms with Gasteiger partial charge < -0.3 is 24.6 Å². The zero-order valence-corrected chi connectivity index (χ0v) is 24.9. The zero-order valence-electron chi connectivity index (χ0n) is 24.2. The van der Waals surface area contributed by atoms with Crippen molar-refractivity contribution in [3.8, 4) is 5.88 Å². The highest BCUT2D eigenvalue weighted by atomic mass is 35.5. The molecule has 3 heterocycles. The maximum absolute atomic E-state index is 13.8. The summed E-state index contributed by atoms with van der Waals surface area (Å²) in [6.45, 7) is 0. The van der Waals surface area contributed by atoms with Crippen LogP contribution in [0.1, 0.15) is 62.6 Å². The van der Waals surface area contributed by atoms with Crippen LogP contribution in [0.2, 0.25) is 5.15 Å². The third kappa shape index (κ3) is 8.18. The first-order valence-corrected chi connectivity index (χ1v) is 14.5. The van der Waals surface area contributed by atoms with Crippen LogP contribution in [0.4, 0.5) is 8.78 Å². The Morgan fingerprint density at radius 2 is 1.49 bits per heavy atom. The average Bonchev–Trinajstić information content (AvgIpc) is 3.53. The SMILES string of the molecule is CN(C)C1CCC(O)CC1.CN(C)C1CCC(Oc2ncnc3c2C(F)=CC3)CC1.Fc1c[nH]c2ncnc(Cl)c12. The Labute approximate surface area is 245 Å². The van der Waals surface area contributed by atoms with Crippen molar-refractivity contribution in [2.24, 2.45) is 0 Å². The first kappa shape index (κ1) is 31.2. The fourth-order valence-electron chi connectivity index (χ4n) is 5.48. The summed E-state index contributed by atoms with van der Waals surface area (Å²) in [6.07, 6.45) is 14.6. The molecule has 2 saturated carbocycles. The van der Waals surface area contributed by atoms with Gasteiger partial charge in [-0.15, -0.1) is 0 Å². The first-order valence-electron chi connectivity index (χ1n) is 14.1. The van der Waals surface area contributed by atoms with E-state index in [1.165, 1.54) is 24.9 Å². The lowest BCUT2D eigenvalue weighted by Crippen LogP contribution is -2.35. The van der Waals surface area contributed by atoms with Gasteiger partial charge in [0.15, 0.2) is 5.82 Å². The second kappa shape index (κ2) is 14.4. The first-order chi connectivity index (χ1) is 19.6. The van der Waals surface area contributed by atoms with Crippen molar-refractivity contribution < 1.29 is 18.6 Å². The van der Waals surface area contributed by atoms with Gasteiger partial charge in [0.25, 0.3) is 0 Å². The molecule has 0 unspecified atom stereocenters. The molecule has 0 aromatic carbocycles. The van der Waals surface area contributed by atoms with Crippen LogP contribution >= 0.6 is 11.6 Å². The van der Waals surface area contributed by atoms with Crippen molar-refractivity contribution in [1.82, 2.24) is 34.7 Å². The minimum Gasteiger partial charge on any atom is -0.474 e. The molecular formula is C29H40ClF2N7O2. The maximum Gasteiger partial charge on any atom is 0.227 e. The Kier molecular flexibility index (Phi) is 11.0. The number of aromatic amines is 1. The molecule has 9 nitrogen and oxygen atoms in total. The van der Waals surface area contributed by atoms with E-state index in [1.54, 1.807) is 0 Å². The van der Waals surface area contributed by atoms with Gasteiger partial charge in [-0.25, -0.2) is 28.7 Å². The van der Waals surface area contributed by atoms with Crippen molar-refractivity contribution in [3.63, 3.8) is 0 Å². The lowest BCUT2D eigenvalue weighted by Gasteiger charge is -2.32. The molecule has 3 aliphatic carbocycles. The molecule has 3 aromatic rings. The number of ether oxygens (including phenoxy) is 1. The summed E-state index contributed by atoms with van der Waals surface area (Å²) in [5.41, 5.74) is 1.61. The summed E-state index contributed by atoms with van der Waals surface area (Å²) in [7, 11) is 8.46. The zero-order chi connectivity index (χ0) is 29.5. The number of aliphatic hydroxyl groups excluding tert-OH is 1. The molecule has 2 N–H and O–H groups in total. The van der Waals surface area contributed by atoms with Gasteiger partial charge in [0.05, 0.1) is 22.7 Å². The maximum atomic E-state index is 13.8. The van der Waals surface area contributed by atoms with Gasteiger partial charge in [-0.3, -0.25) is 0 Å². The molecule has 0 bridgehead atoms. The summed E-state index contributed by atoms with van der Waals surface area (Å²) in [4.78, 5) is 22.8. The molecule has 3 aromatic heterocycles. The minimum absolute atomic E-state index is 0.0174. The van der Waals surface area contributed by atoms with Gasteiger partial charge >= 0.3 is 0 Å². The van der Waals surface area contributed by atoms with Crippen LogP contribution in [0, 0.1) is 5.82 Å². The van der Waals surface area contributed by atoms with Crippen LogP contribution in [0.25, 0.3) is 16.9 Å². The number of aromatic nitrogens is 5. The molecule has 41 heavy (non-hydrogen) atoms. The molecule has 224 valence electrons. The second-order valence-corrected chi connectivity index (χ2v) is 11.6. The summed E-state index contributed by atoms with van der Waals surface area (Å²) >= 11 is 5.59. The average molecular weight is 592 g/mol. The molecule has 12 heteroatoms. The van der Waals surface area contributed by atoms with E-state index in [1.807, 2.05) is 0 Å². The summed E-state index contributed by atoms with van der Waals surface area (Å²) in [5, 5.41) is 9.57. The van der Waals surface area contributed by atoms with Crippen molar-refractivity contribution in [2.45, 2.75) is 82.1 Å². The van der Waals surface area contributed by atoms with Crippen LogP contribution in [0.3, 0.4) is 0 Å². The van der Waals surface area contributed by atoms with E-state index >= 15 is 0 Å².